The molecule has 0 amide bonds. The summed E-state index contributed by atoms with van der Waals surface area (Å²) in [4.78, 5) is 119. The van der Waals surface area contributed by atoms with E-state index >= 15 is 19.2 Å². The third-order valence-corrected chi connectivity index (χ3v) is 17.0. The summed E-state index contributed by atoms with van der Waals surface area (Å²) in [7, 11) is 0. The summed E-state index contributed by atoms with van der Waals surface area (Å²) in [5.74, 6) is -14.4. The Morgan fingerprint density at radius 2 is 0.644 bits per heavy atom. The molecular formula is C70H40F4O12S. The Bertz CT molecular complexity index is 4170. The number of carbonyl (C=O) groups excluding carboxylic acids is 8. The summed E-state index contributed by atoms with van der Waals surface area (Å²) >= 11 is 1.20. The van der Waals surface area contributed by atoms with Gasteiger partial charge in [0.05, 0.1) is 11.1 Å². The van der Waals surface area contributed by atoms with Crippen molar-refractivity contribution < 1.29 is 74.9 Å². The average molecular weight is 1180 g/mol. The highest BCUT2D eigenvalue weighted by atomic mass is 32.1. The summed E-state index contributed by atoms with van der Waals surface area (Å²) in [5.41, 5.74) is -6.50. The molecule has 0 N–H and O–H groups in total. The molecule has 17 heteroatoms. The number of hydrogen-bond acceptors (Lipinski definition) is 13. The molecule has 13 rings (SSSR count). The van der Waals surface area contributed by atoms with Crippen molar-refractivity contribution in [3.63, 3.8) is 0 Å². The fourth-order valence-corrected chi connectivity index (χ4v) is 12.7. The molecule has 0 aliphatic heterocycles. The second-order valence-corrected chi connectivity index (χ2v) is 22.1. The van der Waals surface area contributed by atoms with Crippen molar-refractivity contribution in [3.8, 4) is 0 Å². The van der Waals surface area contributed by atoms with Crippen molar-refractivity contribution in [2.75, 3.05) is 0 Å². The molecule has 1 aromatic heterocycles. The van der Waals surface area contributed by atoms with Crippen molar-refractivity contribution in [2.45, 2.75) is 37.3 Å². The third kappa shape index (κ3) is 9.21. The molecule has 0 saturated carbocycles. The van der Waals surface area contributed by atoms with Crippen molar-refractivity contribution in [3.05, 3.63) is 294 Å². The van der Waals surface area contributed by atoms with Crippen LogP contribution >= 0.6 is 11.3 Å². The molecule has 4 aliphatic carbocycles. The lowest BCUT2D eigenvalue weighted by Crippen LogP contribution is -2.46. The van der Waals surface area contributed by atoms with Gasteiger partial charge in [0.15, 0.2) is 46.4 Å². The smallest absolute Gasteiger partial charge is 0.333 e. The van der Waals surface area contributed by atoms with Crippen molar-refractivity contribution in [1.29, 1.82) is 0 Å². The third-order valence-electron chi connectivity index (χ3n) is 15.9. The minimum atomic E-state index is -2.66. The van der Waals surface area contributed by atoms with Gasteiger partial charge in [0.25, 0.3) is 0 Å². The van der Waals surface area contributed by atoms with Gasteiger partial charge in [-0.15, -0.1) is 11.3 Å². The SMILES string of the molecule is O=C1C(=CC2=Cc3cc4sc5cc6c(cc5c4cc3C2(C(=O)OCc2ccccc2)C(=O)OCc2ccccc2)C(C(=O)OCc2ccccc2)(C(=O)OCc2ccccc2)C(C=C2C(=O)c3cc(F)c(F)cc3C2=O)=C6)C(=O)c2cc(F)c(F)cc21. The summed E-state index contributed by atoms with van der Waals surface area (Å²) < 4.78 is 84.0. The molecule has 0 unspecified atom stereocenters. The van der Waals surface area contributed by atoms with Crippen LogP contribution in [0, 0.1) is 23.3 Å². The zero-order chi connectivity index (χ0) is 60.5. The number of allylic oxidation sites excluding steroid dienone is 4. The Labute approximate surface area is 494 Å². The standard InChI is InChI=1S/C70H40F4O12S/c71-55-29-47-48(30-56(55)72)62(76)51(61(47)75)25-43-21-41-23-59-45(27-53(41)69(43,65(79)83-33-37-13-5-1-6-14-37)66(80)84-34-38-15-7-2-8-16-38)46-28-54-42(24-60(46)87-59)22-44(26-52-63(77)49-31-57(73)58(74)32-50(49)64(52)78)70(54,67(81)85-35-39-17-9-3-10-18-39)68(82)86-36-40-19-11-4-12-20-40/h1-32H,33-36H2. The zero-order valence-electron chi connectivity index (χ0n) is 45.1. The van der Waals surface area contributed by atoms with E-state index in [1.165, 1.54) is 35.6 Å². The Kier molecular flexibility index (Phi) is 13.8. The van der Waals surface area contributed by atoms with Gasteiger partial charge in [-0.3, -0.25) is 38.4 Å². The van der Waals surface area contributed by atoms with E-state index in [0.717, 1.165) is 12.2 Å². The van der Waals surface area contributed by atoms with E-state index in [9.17, 15) is 36.7 Å². The number of rotatable bonds is 14. The van der Waals surface area contributed by atoms with Crippen LogP contribution in [0.1, 0.15) is 85.9 Å². The van der Waals surface area contributed by atoms with Crippen molar-refractivity contribution >= 4 is 90.7 Å². The van der Waals surface area contributed by atoms with Gasteiger partial charge in [0.2, 0.25) is 10.8 Å². The molecule has 8 aromatic carbocycles. The zero-order valence-corrected chi connectivity index (χ0v) is 45.9. The highest BCUT2D eigenvalue weighted by Gasteiger charge is 2.59. The molecule has 12 nitrogen and oxygen atoms in total. The highest BCUT2D eigenvalue weighted by Crippen LogP contribution is 2.53. The fourth-order valence-electron chi connectivity index (χ4n) is 11.6. The van der Waals surface area contributed by atoms with Crippen LogP contribution in [0.4, 0.5) is 17.6 Å². The van der Waals surface area contributed by atoms with Gasteiger partial charge in [0, 0.05) is 42.4 Å². The molecule has 4 aliphatic rings. The highest BCUT2D eigenvalue weighted by molar-refractivity contribution is 7.25. The molecule has 0 bridgehead atoms. The lowest BCUT2D eigenvalue weighted by molar-refractivity contribution is -0.166. The number of esters is 4. The number of hydrogen-bond donors (Lipinski definition) is 0. The maximum Gasteiger partial charge on any atom is 0.333 e. The molecule has 87 heavy (non-hydrogen) atoms. The Morgan fingerprint density at radius 3 is 0.908 bits per heavy atom. The average Bonchev–Trinajstić information content (AvgIpc) is 1.58. The number of ketones is 4. The molecule has 0 radical (unpaired) electrons. The van der Waals surface area contributed by atoms with E-state index in [4.69, 9.17) is 18.9 Å². The molecule has 0 saturated heterocycles. The minimum absolute atomic E-state index is 0.0595. The van der Waals surface area contributed by atoms with E-state index in [-0.39, 0.29) is 59.8 Å². The van der Waals surface area contributed by atoms with Crippen LogP contribution in [0.5, 0.6) is 0 Å². The molecule has 0 atom stereocenters. The molecule has 1 heterocycles. The Hall–Kier alpha value is -10.8. The number of fused-ring (bicyclic) bond motifs is 7. The molecule has 0 fully saturated rings. The van der Waals surface area contributed by atoms with E-state index in [0.29, 0.717) is 66.7 Å². The van der Waals surface area contributed by atoms with Crippen LogP contribution in [0.25, 0.3) is 32.3 Å². The predicted molar refractivity (Wildman–Crippen MR) is 310 cm³/mol. The van der Waals surface area contributed by atoms with E-state index in [1.54, 1.807) is 133 Å². The number of Topliss-reactive ketones (excluding diaryl/α,β-unsaturated/α-hetero) is 4. The van der Waals surface area contributed by atoms with Gasteiger partial charge in [0.1, 0.15) is 26.4 Å². The van der Waals surface area contributed by atoms with Crippen molar-refractivity contribution in [2.24, 2.45) is 0 Å². The lowest BCUT2D eigenvalue weighted by Gasteiger charge is -2.29. The first kappa shape index (κ1) is 55.4. The van der Waals surface area contributed by atoms with Crippen LogP contribution in [0.2, 0.25) is 0 Å². The van der Waals surface area contributed by atoms with Crippen LogP contribution in [0.15, 0.2) is 204 Å². The second kappa shape index (κ2) is 21.7. The number of benzene rings is 8. The van der Waals surface area contributed by atoms with Crippen molar-refractivity contribution in [1.82, 2.24) is 0 Å². The normalized spacial score (nSPS) is 14.9. The Balaban J connectivity index is 1.02. The molecule has 426 valence electrons. The van der Waals surface area contributed by atoms with Gasteiger partial charge < -0.3 is 18.9 Å². The maximum atomic E-state index is 15.5. The quantitative estimate of drug-likeness (QED) is 0.0252. The number of ether oxygens (including phenoxy) is 4. The number of thiophene rings is 1. The van der Waals surface area contributed by atoms with Gasteiger partial charge >= 0.3 is 23.9 Å². The van der Waals surface area contributed by atoms with Crippen LogP contribution in [-0.4, -0.2) is 47.0 Å². The van der Waals surface area contributed by atoms with Gasteiger partial charge in [-0.05, 0) is 128 Å². The Morgan fingerprint density at radius 1 is 0.379 bits per heavy atom. The predicted octanol–water partition coefficient (Wildman–Crippen LogP) is 12.9. The largest absolute Gasteiger partial charge is 0.459 e. The van der Waals surface area contributed by atoms with Gasteiger partial charge in [-0.1, -0.05) is 121 Å². The monoisotopic (exact) mass is 1180 g/mol. The summed E-state index contributed by atoms with van der Waals surface area (Å²) in [6, 6.07) is 42.8. The molecular weight excluding hydrogens is 1140 g/mol. The number of carbonyl (C=O) groups is 8. The first-order valence-electron chi connectivity index (χ1n) is 27.0. The summed E-state index contributed by atoms with van der Waals surface area (Å²) in [6.07, 6.45) is 4.87. The summed E-state index contributed by atoms with van der Waals surface area (Å²) in [5, 5.41) is 0.635. The minimum Gasteiger partial charge on any atom is -0.459 e. The summed E-state index contributed by atoms with van der Waals surface area (Å²) in [6.45, 7) is -1.52. The first-order valence-corrected chi connectivity index (χ1v) is 27.8. The lowest BCUT2D eigenvalue weighted by atomic mass is 9.75. The van der Waals surface area contributed by atoms with Crippen LogP contribution in [-0.2, 0) is 75.4 Å². The molecule has 9 aromatic rings. The first-order chi connectivity index (χ1) is 42.1. The maximum absolute atomic E-state index is 15.5. The fraction of sp³-hybridized carbons (Fsp3) is 0.0857. The van der Waals surface area contributed by atoms with Crippen LogP contribution in [0.3, 0.4) is 0 Å². The van der Waals surface area contributed by atoms with Gasteiger partial charge in [-0.25, -0.2) is 17.6 Å². The van der Waals surface area contributed by atoms with E-state index in [2.05, 4.69) is 0 Å². The second-order valence-electron chi connectivity index (χ2n) is 21.0. The van der Waals surface area contributed by atoms with Gasteiger partial charge in [-0.2, -0.15) is 0 Å². The van der Waals surface area contributed by atoms with E-state index < -0.39 is 115 Å². The van der Waals surface area contributed by atoms with E-state index in [1.807, 2.05) is 0 Å². The number of halogens is 4. The van der Waals surface area contributed by atoms with Crippen LogP contribution < -0.4 is 0 Å². The topological polar surface area (TPSA) is 173 Å². The molecule has 0 spiro atoms.